The Morgan fingerprint density at radius 3 is 1.98 bits per heavy atom. The minimum absolute atomic E-state index is 0.0418. The molecule has 2 aromatic heterocycles. The lowest BCUT2D eigenvalue weighted by Gasteiger charge is -2.27. The number of hydrogen-bond donors (Lipinski definition) is 0. The van der Waals surface area contributed by atoms with E-state index < -0.39 is 0 Å². The van der Waals surface area contributed by atoms with Crippen LogP contribution in [0.1, 0.15) is 25.0 Å². The summed E-state index contributed by atoms with van der Waals surface area (Å²) in [4.78, 5) is 2.41. The summed E-state index contributed by atoms with van der Waals surface area (Å²) in [6, 6.07) is 60.0. The maximum Gasteiger partial charge on any atom is 0.136 e. The summed E-state index contributed by atoms with van der Waals surface area (Å²) in [7, 11) is 0. The van der Waals surface area contributed by atoms with Crippen LogP contribution in [-0.4, -0.2) is 0 Å². The van der Waals surface area contributed by atoms with E-state index in [1.54, 1.807) is 0 Å². The Kier molecular flexibility index (Phi) is 6.21. The van der Waals surface area contributed by atoms with Crippen molar-refractivity contribution < 1.29 is 4.42 Å². The molecule has 0 N–H and O–H groups in total. The van der Waals surface area contributed by atoms with Gasteiger partial charge < -0.3 is 9.32 Å². The number of nitrogens with zero attached hydrogens (tertiary/aromatic N) is 1. The zero-order chi connectivity index (χ0) is 34.6. The molecule has 52 heavy (non-hydrogen) atoms. The lowest BCUT2D eigenvalue weighted by molar-refractivity contribution is 0.660. The monoisotopic (exact) mass is 683 g/mol. The molecule has 11 rings (SSSR count). The average Bonchev–Trinajstić information content (AvgIpc) is 3.81. The SMILES string of the molecule is CC1(C)c2ccccc2-c2cc(N(c3ccc(-c4ccc5c(c4)oc4cc6ccccc6cc45)cc3)c3ccc4sc5ccccc5c4c3)ccc21. The number of thiophene rings is 1. The van der Waals surface area contributed by atoms with E-state index in [1.807, 2.05) is 11.3 Å². The predicted molar refractivity (Wildman–Crippen MR) is 222 cm³/mol. The van der Waals surface area contributed by atoms with Gasteiger partial charge in [0.1, 0.15) is 11.2 Å². The van der Waals surface area contributed by atoms with Gasteiger partial charge in [0.05, 0.1) is 0 Å². The molecule has 0 fully saturated rings. The molecule has 2 nitrogen and oxygen atoms in total. The van der Waals surface area contributed by atoms with Crippen LogP contribution in [0.15, 0.2) is 168 Å². The van der Waals surface area contributed by atoms with Crippen LogP contribution in [0.25, 0.3) is 75.1 Å². The first-order valence-corrected chi connectivity index (χ1v) is 18.7. The van der Waals surface area contributed by atoms with Crippen molar-refractivity contribution in [1.82, 2.24) is 0 Å². The molecule has 10 aromatic rings. The van der Waals surface area contributed by atoms with Crippen LogP contribution in [0.4, 0.5) is 17.1 Å². The van der Waals surface area contributed by atoms with Crippen molar-refractivity contribution >= 4 is 81.3 Å². The Balaban J connectivity index is 1.04. The van der Waals surface area contributed by atoms with E-state index in [4.69, 9.17) is 4.42 Å². The molecule has 246 valence electrons. The van der Waals surface area contributed by atoms with Crippen molar-refractivity contribution in [3.63, 3.8) is 0 Å². The second-order valence-electron chi connectivity index (χ2n) is 14.6. The summed E-state index contributed by atoms with van der Waals surface area (Å²) in [6.45, 7) is 4.68. The molecule has 0 atom stereocenters. The van der Waals surface area contributed by atoms with Crippen molar-refractivity contribution in [3.05, 3.63) is 175 Å². The average molecular weight is 684 g/mol. The maximum atomic E-state index is 6.43. The Morgan fingerprint density at radius 1 is 0.442 bits per heavy atom. The molecule has 0 unspecified atom stereocenters. The van der Waals surface area contributed by atoms with E-state index >= 15 is 0 Å². The molecule has 0 saturated carbocycles. The van der Waals surface area contributed by atoms with Crippen molar-refractivity contribution in [3.8, 4) is 22.3 Å². The van der Waals surface area contributed by atoms with Gasteiger partial charge in [0.2, 0.25) is 0 Å². The van der Waals surface area contributed by atoms with Gasteiger partial charge in [-0.3, -0.25) is 0 Å². The molecule has 3 heteroatoms. The maximum absolute atomic E-state index is 6.43. The van der Waals surface area contributed by atoms with Crippen molar-refractivity contribution in [2.75, 3.05) is 4.90 Å². The lowest BCUT2D eigenvalue weighted by Crippen LogP contribution is -2.15. The summed E-state index contributed by atoms with van der Waals surface area (Å²) in [5.41, 5.74) is 12.9. The van der Waals surface area contributed by atoms with Crippen LogP contribution >= 0.6 is 11.3 Å². The molecule has 0 bridgehead atoms. The number of anilines is 3. The fraction of sp³-hybridized carbons (Fsp3) is 0.0612. The second-order valence-corrected chi connectivity index (χ2v) is 15.7. The first-order chi connectivity index (χ1) is 25.5. The Bertz CT molecular complexity index is 3050. The van der Waals surface area contributed by atoms with Crippen LogP contribution in [0.5, 0.6) is 0 Å². The topological polar surface area (TPSA) is 16.4 Å². The van der Waals surface area contributed by atoms with Gasteiger partial charge in [0.15, 0.2) is 0 Å². The van der Waals surface area contributed by atoms with E-state index in [2.05, 4.69) is 183 Å². The molecule has 1 aliphatic carbocycles. The Hall–Kier alpha value is -6.16. The molecule has 1 aliphatic rings. The van der Waals surface area contributed by atoms with E-state index in [9.17, 15) is 0 Å². The van der Waals surface area contributed by atoms with Gasteiger partial charge in [-0.15, -0.1) is 11.3 Å². The summed E-state index contributed by atoms with van der Waals surface area (Å²) >= 11 is 1.86. The van der Waals surface area contributed by atoms with Gasteiger partial charge >= 0.3 is 0 Å². The second kappa shape index (κ2) is 10.9. The van der Waals surface area contributed by atoms with Gasteiger partial charge in [-0.2, -0.15) is 0 Å². The third kappa shape index (κ3) is 4.36. The van der Waals surface area contributed by atoms with E-state index in [0.717, 1.165) is 50.1 Å². The third-order valence-electron chi connectivity index (χ3n) is 11.2. The minimum Gasteiger partial charge on any atom is -0.456 e. The fourth-order valence-corrected chi connectivity index (χ4v) is 9.68. The number of fused-ring (bicyclic) bond motifs is 10. The molecule has 0 amide bonds. The normalized spacial score (nSPS) is 13.3. The van der Waals surface area contributed by atoms with Gasteiger partial charge in [-0.1, -0.05) is 105 Å². The van der Waals surface area contributed by atoms with Crippen LogP contribution in [-0.2, 0) is 5.41 Å². The Morgan fingerprint density at radius 2 is 1.10 bits per heavy atom. The van der Waals surface area contributed by atoms with E-state index in [-0.39, 0.29) is 5.41 Å². The fourth-order valence-electron chi connectivity index (χ4n) is 8.59. The molecule has 0 radical (unpaired) electrons. The predicted octanol–water partition coefficient (Wildman–Crippen LogP) is 14.6. The zero-order valence-corrected chi connectivity index (χ0v) is 29.7. The smallest absolute Gasteiger partial charge is 0.136 e. The van der Waals surface area contributed by atoms with Gasteiger partial charge in [0.25, 0.3) is 0 Å². The molecule has 0 aliphatic heterocycles. The largest absolute Gasteiger partial charge is 0.456 e. The number of rotatable bonds is 4. The highest BCUT2D eigenvalue weighted by Crippen LogP contribution is 2.51. The summed E-state index contributed by atoms with van der Waals surface area (Å²) in [6.07, 6.45) is 0. The van der Waals surface area contributed by atoms with Crippen LogP contribution in [0.2, 0.25) is 0 Å². The highest BCUT2D eigenvalue weighted by molar-refractivity contribution is 7.25. The van der Waals surface area contributed by atoms with Crippen LogP contribution in [0, 0.1) is 0 Å². The quantitative estimate of drug-likeness (QED) is 0.184. The highest BCUT2D eigenvalue weighted by atomic mass is 32.1. The van der Waals surface area contributed by atoms with Gasteiger partial charge in [-0.05, 0) is 117 Å². The first-order valence-electron chi connectivity index (χ1n) is 17.9. The van der Waals surface area contributed by atoms with Gasteiger partial charge in [-0.25, -0.2) is 0 Å². The summed E-state index contributed by atoms with van der Waals surface area (Å²) < 4.78 is 9.05. The van der Waals surface area contributed by atoms with Crippen molar-refractivity contribution in [2.45, 2.75) is 19.3 Å². The first kappa shape index (κ1) is 29.6. The number of benzene rings is 8. The van der Waals surface area contributed by atoms with E-state index in [0.29, 0.717) is 0 Å². The van der Waals surface area contributed by atoms with Crippen molar-refractivity contribution in [1.29, 1.82) is 0 Å². The van der Waals surface area contributed by atoms with E-state index in [1.165, 1.54) is 53.2 Å². The third-order valence-corrected chi connectivity index (χ3v) is 12.4. The zero-order valence-electron chi connectivity index (χ0n) is 28.9. The lowest BCUT2D eigenvalue weighted by atomic mass is 9.82. The molecular formula is C49H33NOS. The molecule has 8 aromatic carbocycles. The number of hydrogen-bond acceptors (Lipinski definition) is 3. The van der Waals surface area contributed by atoms with Crippen LogP contribution < -0.4 is 4.90 Å². The Labute approximate surface area is 305 Å². The van der Waals surface area contributed by atoms with Gasteiger partial charge in [0, 0.05) is 53.4 Å². The number of furan rings is 1. The minimum atomic E-state index is -0.0418. The molecule has 2 heterocycles. The molecular weight excluding hydrogens is 651 g/mol. The van der Waals surface area contributed by atoms with Crippen molar-refractivity contribution in [2.24, 2.45) is 0 Å². The molecule has 0 spiro atoms. The summed E-state index contributed by atoms with van der Waals surface area (Å²) in [5, 5.41) is 7.31. The van der Waals surface area contributed by atoms with Crippen LogP contribution in [0.3, 0.4) is 0 Å². The summed E-state index contributed by atoms with van der Waals surface area (Å²) in [5.74, 6) is 0. The molecule has 0 saturated heterocycles. The standard InChI is InChI=1S/C49H33NOS/c1-49(2)43-13-7-5-11-37(43)40-28-35(20-23-44(40)49)50(36-21-24-48-42(29-36)39-12-6-8-14-47(39)52-48)34-18-15-30(16-19-34)33-17-22-38-41-25-31-9-3-4-10-32(31)26-46(41)51-45(38)27-33/h3-29H,1-2H3. The highest BCUT2D eigenvalue weighted by Gasteiger charge is 2.35.